The Hall–Kier alpha value is -1.92. The molecule has 0 spiro atoms. The molecular weight excluding hydrogens is 332 g/mol. The molecule has 2 aromatic rings. The summed E-state index contributed by atoms with van der Waals surface area (Å²) in [5.41, 5.74) is 1.84. The number of nitrogens with zero attached hydrogens (tertiary/aromatic N) is 3. The Kier molecular flexibility index (Phi) is 6.04. The van der Waals surface area contributed by atoms with Gasteiger partial charge < -0.3 is 10.2 Å². The second-order valence-corrected chi connectivity index (χ2v) is 7.77. The van der Waals surface area contributed by atoms with E-state index >= 15 is 0 Å². The highest BCUT2D eigenvalue weighted by molar-refractivity contribution is 7.09. The number of aromatic nitrogens is 1. The molecule has 0 saturated carbocycles. The van der Waals surface area contributed by atoms with E-state index < -0.39 is 0 Å². The third kappa shape index (κ3) is 5.03. The fourth-order valence-corrected chi connectivity index (χ4v) is 3.69. The standard InChI is InChI=1S/C19H26N4OS/c1-15(2)12-20-19(24)17-14-25-18(21-17)13-22-8-10-23(11-9-22)16-6-4-3-5-7-16/h3-7,14-15H,8-13H2,1-2H3,(H,20,24). The molecule has 5 nitrogen and oxygen atoms in total. The number of hydrogen-bond acceptors (Lipinski definition) is 5. The summed E-state index contributed by atoms with van der Waals surface area (Å²) in [7, 11) is 0. The molecule has 1 saturated heterocycles. The predicted molar refractivity (Wildman–Crippen MR) is 103 cm³/mol. The van der Waals surface area contributed by atoms with E-state index in [9.17, 15) is 4.79 Å². The van der Waals surface area contributed by atoms with Gasteiger partial charge in [-0.3, -0.25) is 9.69 Å². The fraction of sp³-hybridized carbons (Fsp3) is 0.474. The van der Waals surface area contributed by atoms with Gasteiger partial charge >= 0.3 is 0 Å². The normalized spacial score (nSPS) is 15.6. The highest BCUT2D eigenvalue weighted by atomic mass is 32.1. The Balaban J connectivity index is 1.49. The minimum absolute atomic E-state index is 0.0647. The molecule has 3 rings (SSSR count). The van der Waals surface area contributed by atoms with Crippen molar-refractivity contribution < 1.29 is 4.79 Å². The van der Waals surface area contributed by atoms with E-state index in [1.807, 2.05) is 5.38 Å². The number of amides is 1. The van der Waals surface area contributed by atoms with Crippen LogP contribution in [0, 0.1) is 5.92 Å². The summed E-state index contributed by atoms with van der Waals surface area (Å²) in [5.74, 6) is 0.382. The van der Waals surface area contributed by atoms with Gasteiger partial charge in [0.25, 0.3) is 5.91 Å². The summed E-state index contributed by atoms with van der Waals surface area (Å²) in [5, 5.41) is 5.81. The second kappa shape index (κ2) is 8.45. The zero-order chi connectivity index (χ0) is 17.6. The lowest BCUT2D eigenvalue weighted by molar-refractivity contribution is 0.0944. The Morgan fingerprint density at radius 3 is 2.60 bits per heavy atom. The largest absolute Gasteiger partial charge is 0.369 e. The minimum Gasteiger partial charge on any atom is -0.369 e. The predicted octanol–water partition coefficient (Wildman–Crippen LogP) is 2.85. The number of para-hydroxylation sites is 1. The van der Waals surface area contributed by atoms with Gasteiger partial charge in [-0.1, -0.05) is 32.0 Å². The topological polar surface area (TPSA) is 48.5 Å². The summed E-state index contributed by atoms with van der Waals surface area (Å²) in [6.45, 7) is 9.77. The number of hydrogen-bond donors (Lipinski definition) is 1. The molecule has 0 unspecified atom stereocenters. The van der Waals surface area contributed by atoms with Crippen molar-refractivity contribution in [3.63, 3.8) is 0 Å². The minimum atomic E-state index is -0.0647. The highest BCUT2D eigenvalue weighted by Crippen LogP contribution is 2.18. The molecule has 0 radical (unpaired) electrons. The molecule has 134 valence electrons. The second-order valence-electron chi connectivity index (χ2n) is 6.83. The maximum atomic E-state index is 12.1. The first kappa shape index (κ1) is 17.9. The summed E-state index contributed by atoms with van der Waals surface area (Å²) < 4.78 is 0. The smallest absolute Gasteiger partial charge is 0.270 e. The van der Waals surface area contributed by atoms with Crippen LogP contribution in [0.4, 0.5) is 5.69 Å². The first-order chi connectivity index (χ1) is 12.1. The van der Waals surface area contributed by atoms with Crippen molar-refractivity contribution in [1.29, 1.82) is 0 Å². The van der Waals surface area contributed by atoms with E-state index in [0.29, 0.717) is 18.2 Å². The lowest BCUT2D eigenvalue weighted by atomic mass is 10.2. The number of thiazole rings is 1. The van der Waals surface area contributed by atoms with Crippen LogP contribution in [-0.4, -0.2) is 48.5 Å². The average Bonchev–Trinajstić information content (AvgIpc) is 3.09. The van der Waals surface area contributed by atoms with Crippen LogP contribution in [-0.2, 0) is 6.54 Å². The van der Waals surface area contributed by atoms with Crippen LogP contribution in [0.25, 0.3) is 0 Å². The third-order valence-electron chi connectivity index (χ3n) is 4.31. The van der Waals surface area contributed by atoms with Gasteiger partial charge in [-0.25, -0.2) is 4.98 Å². The highest BCUT2D eigenvalue weighted by Gasteiger charge is 2.19. The molecule has 1 amide bonds. The van der Waals surface area contributed by atoms with Crippen molar-refractivity contribution in [1.82, 2.24) is 15.2 Å². The summed E-state index contributed by atoms with van der Waals surface area (Å²) in [6, 6.07) is 10.6. The monoisotopic (exact) mass is 358 g/mol. The molecule has 1 fully saturated rings. The number of rotatable bonds is 6. The Bertz CT molecular complexity index is 678. The zero-order valence-electron chi connectivity index (χ0n) is 14.9. The van der Waals surface area contributed by atoms with Crippen molar-refractivity contribution in [3.8, 4) is 0 Å². The third-order valence-corrected chi connectivity index (χ3v) is 5.14. The van der Waals surface area contributed by atoms with Gasteiger partial charge in [0, 0.05) is 43.8 Å². The Morgan fingerprint density at radius 2 is 1.92 bits per heavy atom. The van der Waals surface area contributed by atoms with Gasteiger partial charge in [-0.15, -0.1) is 11.3 Å². The van der Waals surface area contributed by atoms with Crippen LogP contribution in [0.15, 0.2) is 35.7 Å². The van der Waals surface area contributed by atoms with Crippen molar-refractivity contribution in [3.05, 3.63) is 46.4 Å². The molecular formula is C19H26N4OS. The molecule has 1 aromatic heterocycles. The van der Waals surface area contributed by atoms with E-state index in [4.69, 9.17) is 0 Å². The summed E-state index contributed by atoms with van der Waals surface area (Å²) >= 11 is 1.58. The first-order valence-electron chi connectivity index (χ1n) is 8.87. The molecule has 1 aliphatic rings. The van der Waals surface area contributed by atoms with E-state index in [1.165, 1.54) is 5.69 Å². The van der Waals surface area contributed by atoms with Crippen molar-refractivity contribution in [2.45, 2.75) is 20.4 Å². The van der Waals surface area contributed by atoms with Crippen LogP contribution in [0.3, 0.4) is 0 Å². The van der Waals surface area contributed by atoms with Crippen molar-refractivity contribution in [2.75, 3.05) is 37.6 Å². The number of piperazine rings is 1. The first-order valence-corrected chi connectivity index (χ1v) is 9.74. The Morgan fingerprint density at radius 1 is 1.20 bits per heavy atom. The van der Waals surface area contributed by atoms with E-state index in [0.717, 1.165) is 37.7 Å². The summed E-state index contributed by atoms with van der Waals surface area (Å²) in [6.07, 6.45) is 0. The number of carbonyl (C=O) groups excluding carboxylic acids is 1. The van der Waals surface area contributed by atoms with Gasteiger partial charge in [-0.2, -0.15) is 0 Å². The molecule has 1 aliphatic heterocycles. The average molecular weight is 359 g/mol. The van der Waals surface area contributed by atoms with Crippen molar-refractivity contribution >= 4 is 22.9 Å². The summed E-state index contributed by atoms with van der Waals surface area (Å²) in [4.78, 5) is 21.4. The Labute approximate surface area is 153 Å². The van der Waals surface area contributed by atoms with Crippen LogP contribution in [0.5, 0.6) is 0 Å². The van der Waals surface area contributed by atoms with Gasteiger partial charge in [0.05, 0.1) is 6.54 Å². The lowest BCUT2D eigenvalue weighted by Crippen LogP contribution is -2.45. The molecule has 6 heteroatoms. The quantitative estimate of drug-likeness (QED) is 0.863. The molecule has 25 heavy (non-hydrogen) atoms. The maximum Gasteiger partial charge on any atom is 0.270 e. The molecule has 0 bridgehead atoms. The van der Waals surface area contributed by atoms with Gasteiger partial charge in [0.15, 0.2) is 0 Å². The maximum absolute atomic E-state index is 12.1. The van der Waals surface area contributed by atoms with Crippen LogP contribution < -0.4 is 10.2 Å². The fourth-order valence-electron chi connectivity index (χ4n) is 2.87. The lowest BCUT2D eigenvalue weighted by Gasteiger charge is -2.35. The molecule has 1 aromatic carbocycles. The molecule has 1 N–H and O–H groups in total. The van der Waals surface area contributed by atoms with Crippen LogP contribution >= 0.6 is 11.3 Å². The zero-order valence-corrected chi connectivity index (χ0v) is 15.8. The van der Waals surface area contributed by atoms with Crippen LogP contribution in [0.2, 0.25) is 0 Å². The number of benzene rings is 1. The molecule has 0 atom stereocenters. The molecule has 2 heterocycles. The van der Waals surface area contributed by atoms with Crippen LogP contribution in [0.1, 0.15) is 29.3 Å². The van der Waals surface area contributed by atoms with E-state index in [1.54, 1.807) is 11.3 Å². The van der Waals surface area contributed by atoms with Gasteiger partial charge in [0.1, 0.15) is 10.7 Å². The molecule has 0 aliphatic carbocycles. The van der Waals surface area contributed by atoms with Gasteiger partial charge in [-0.05, 0) is 18.1 Å². The SMILES string of the molecule is CC(C)CNC(=O)c1csc(CN2CCN(c3ccccc3)CC2)n1. The van der Waals surface area contributed by atoms with Crippen molar-refractivity contribution in [2.24, 2.45) is 5.92 Å². The number of anilines is 1. The number of carbonyl (C=O) groups is 1. The van der Waals surface area contributed by atoms with E-state index in [2.05, 4.69) is 64.3 Å². The van der Waals surface area contributed by atoms with E-state index in [-0.39, 0.29) is 5.91 Å². The van der Waals surface area contributed by atoms with Gasteiger partial charge in [0.2, 0.25) is 0 Å². The number of nitrogens with one attached hydrogen (secondary N) is 1.